The Bertz CT molecular complexity index is 625. The van der Waals surface area contributed by atoms with Gasteiger partial charge in [-0.05, 0) is 12.8 Å². The van der Waals surface area contributed by atoms with Crippen LogP contribution in [-0.2, 0) is 11.0 Å². The molecule has 7 nitrogen and oxygen atoms in total. The summed E-state index contributed by atoms with van der Waals surface area (Å²) in [5, 5.41) is 4.77. The van der Waals surface area contributed by atoms with Crippen molar-refractivity contribution in [1.29, 1.82) is 0 Å². The minimum atomic E-state index is -4.53. The van der Waals surface area contributed by atoms with E-state index >= 15 is 0 Å². The molecule has 1 aromatic heterocycles. The number of carbonyl (C=O) groups is 2. The first-order valence-electron chi connectivity index (χ1n) is 6.58. The first-order chi connectivity index (χ1) is 10.3. The van der Waals surface area contributed by atoms with Crippen LogP contribution in [0.5, 0.6) is 0 Å². The van der Waals surface area contributed by atoms with Gasteiger partial charge in [-0.3, -0.25) is 10.1 Å². The minimum Gasteiger partial charge on any atom is -0.356 e. The molecule has 1 spiro atoms. The maximum Gasteiger partial charge on any atom is 0.433 e. The highest BCUT2D eigenvalue weighted by Gasteiger charge is 2.48. The molecule has 3 heterocycles. The van der Waals surface area contributed by atoms with E-state index in [0.29, 0.717) is 25.9 Å². The Morgan fingerprint density at radius 1 is 1.18 bits per heavy atom. The number of nitrogens with one attached hydrogen (secondary N) is 2. The number of rotatable bonds is 1. The molecule has 2 saturated heterocycles. The monoisotopic (exact) mass is 315 g/mol. The van der Waals surface area contributed by atoms with Gasteiger partial charge in [-0.1, -0.05) is 0 Å². The quantitative estimate of drug-likeness (QED) is 0.744. The van der Waals surface area contributed by atoms with Crippen molar-refractivity contribution in [1.82, 2.24) is 20.6 Å². The number of urea groups is 1. The standard InChI is InChI=1S/C12H12F3N5O2/c13-12(14,15)7-5-8(17-6-16-7)20-3-1-11(2-4-20)9(21)18-10(22)19-11/h5-6H,1-4H2,(H2,18,19,21,22). The van der Waals surface area contributed by atoms with Crippen LogP contribution in [0.4, 0.5) is 23.8 Å². The number of hydrogen-bond acceptors (Lipinski definition) is 5. The zero-order chi connectivity index (χ0) is 16.0. The van der Waals surface area contributed by atoms with Crippen LogP contribution in [0.25, 0.3) is 0 Å². The predicted octanol–water partition coefficient (Wildman–Crippen LogP) is 0.674. The topological polar surface area (TPSA) is 87.2 Å². The Morgan fingerprint density at radius 2 is 1.86 bits per heavy atom. The van der Waals surface area contributed by atoms with E-state index in [-0.39, 0.29) is 5.82 Å². The highest BCUT2D eigenvalue weighted by molar-refractivity contribution is 6.07. The fraction of sp³-hybridized carbons (Fsp3) is 0.500. The van der Waals surface area contributed by atoms with E-state index in [2.05, 4.69) is 20.6 Å². The summed E-state index contributed by atoms with van der Waals surface area (Å²) in [5.41, 5.74) is -1.97. The van der Waals surface area contributed by atoms with Crippen molar-refractivity contribution in [3.8, 4) is 0 Å². The number of carbonyl (C=O) groups excluding carboxylic acids is 2. The fourth-order valence-electron chi connectivity index (χ4n) is 2.67. The van der Waals surface area contributed by atoms with Crippen molar-refractivity contribution in [2.24, 2.45) is 0 Å². The zero-order valence-electron chi connectivity index (χ0n) is 11.3. The third kappa shape index (κ3) is 2.44. The number of piperidine rings is 1. The molecule has 0 unspecified atom stereocenters. The van der Waals surface area contributed by atoms with Gasteiger partial charge < -0.3 is 10.2 Å². The van der Waals surface area contributed by atoms with Gasteiger partial charge in [0.1, 0.15) is 23.4 Å². The Hall–Kier alpha value is -2.39. The van der Waals surface area contributed by atoms with Crippen LogP contribution in [0.2, 0.25) is 0 Å². The van der Waals surface area contributed by atoms with Crippen molar-refractivity contribution in [2.45, 2.75) is 24.6 Å². The number of alkyl halides is 3. The van der Waals surface area contributed by atoms with E-state index in [1.807, 2.05) is 0 Å². The van der Waals surface area contributed by atoms with E-state index in [4.69, 9.17) is 0 Å². The Labute approximate surface area is 122 Å². The second kappa shape index (κ2) is 4.82. The second-order valence-corrected chi connectivity index (χ2v) is 5.24. The average Bonchev–Trinajstić information content (AvgIpc) is 2.73. The largest absolute Gasteiger partial charge is 0.433 e. The van der Waals surface area contributed by atoms with Gasteiger partial charge in [0.25, 0.3) is 5.91 Å². The van der Waals surface area contributed by atoms with Crippen molar-refractivity contribution >= 4 is 17.8 Å². The molecule has 118 valence electrons. The van der Waals surface area contributed by atoms with Crippen LogP contribution < -0.4 is 15.5 Å². The number of amides is 3. The Morgan fingerprint density at radius 3 is 2.41 bits per heavy atom. The average molecular weight is 315 g/mol. The molecule has 2 aliphatic rings. The summed E-state index contributed by atoms with van der Waals surface area (Å²) in [6, 6.07) is 0.338. The van der Waals surface area contributed by atoms with Crippen LogP contribution >= 0.6 is 0 Å². The molecule has 3 rings (SSSR count). The highest BCUT2D eigenvalue weighted by atomic mass is 19.4. The van der Waals surface area contributed by atoms with Gasteiger partial charge >= 0.3 is 12.2 Å². The summed E-state index contributed by atoms with van der Waals surface area (Å²) in [5.74, 6) is -0.238. The van der Waals surface area contributed by atoms with Gasteiger partial charge in [-0.2, -0.15) is 13.2 Å². The molecule has 3 amide bonds. The van der Waals surface area contributed by atoms with Crippen molar-refractivity contribution in [2.75, 3.05) is 18.0 Å². The summed E-state index contributed by atoms with van der Waals surface area (Å²) in [4.78, 5) is 31.7. The molecule has 0 radical (unpaired) electrons. The number of nitrogens with zero attached hydrogens (tertiary/aromatic N) is 3. The molecule has 1 aromatic rings. The van der Waals surface area contributed by atoms with Crippen molar-refractivity contribution < 1.29 is 22.8 Å². The van der Waals surface area contributed by atoms with Crippen LogP contribution in [-0.4, -0.2) is 40.5 Å². The summed E-state index contributed by atoms with van der Waals surface area (Å²) < 4.78 is 38.0. The smallest absolute Gasteiger partial charge is 0.356 e. The fourth-order valence-corrected chi connectivity index (χ4v) is 2.67. The summed E-state index contributed by atoms with van der Waals surface area (Å²) >= 11 is 0. The SMILES string of the molecule is O=C1NC(=O)C2(CCN(c3cc(C(F)(F)F)ncn3)CC2)N1. The molecule has 0 aliphatic carbocycles. The number of halogens is 3. The lowest BCUT2D eigenvalue weighted by molar-refractivity contribution is -0.141. The van der Waals surface area contributed by atoms with Gasteiger partial charge in [0.2, 0.25) is 0 Å². The summed E-state index contributed by atoms with van der Waals surface area (Å²) in [6.45, 7) is 0.615. The van der Waals surface area contributed by atoms with Gasteiger partial charge in [0.05, 0.1) is 0 Å². The normalized spacial score (nSPS) is 21.0. The lowest BCUT2D eigenvalue weighted by Gasteiger charge is -2.37. The molecular formula is C12H12F3N5O2. The maximum absolute atomic E-state index is 12.7. The van der Waals surface area contributed by atoms with E-state index in [1.165, 1.54) is 0 Å². The van der Waals surface area contributed by atoms with Crippen LogP contribution in [0, 0.1) is 0 Å². The Balaban J connectivity index is 1.75. The van der Waals surface area contributed by atoms with Gasteiger partial charge in [-0.25, -0.2) is 14.8 Å². The molecule has 0 bridgehead atoms. The van der Waals surface area contributed by atoms with E-state index in [1.54, 1.807) is 4.90 Å². The third-order valence-electron chi connectivity index (χ3n) is 3.90. The molecule has 2 fully saturated rings. The van der Waals surface area contributed by atoms with Gasteiger partial charge in [0, 0.05) is 19.2 Å². The van der Waals surface area contributed by atoms with Crippen LogP contribution in [0.1, 0.15) is 18.5 Å². The van der Waals surface area contributed by atoms with Crippen molar-refractivity contribution in [3.63, 3.8) is 0 Å². The maximum atomic E-state index is 12.7. The van der Waals surface area contributed by atoms with Crippen molar-refractivity contribution in [3.05, 3.63) is 18.1 Å². The second-order valence-electron chi connectivity index (χ2n) is 5.24. The molecule has 0 aromatic carbocycles. The first-order valence-corrected chi connectivity index (χ1v) is 6.58. The third-order valence-corrected chi connectivity index (χ3v) is 3.90. The van der Waals surface area contributed by atoms with E-state index in [0.717, 1.165) is 12.4 Å². The molecule has 0 saturated carbocycles. The molecular weight excluding hydrogens is 303 g/mol. The predicted molar refractivity (Wildman–Crippen MR) is 67.9 cm³/mol. The minimum absolute atomic E-state index is 0.155. The molecule has 10 heteroatoms. The lowest BCUT2D eigenvalue weighted by atomic mass is 9.88. The number of anilines is 1. The first kappa shape index (κ1) is 14.5. The Kier molecular flexibility index (Phi) is 3.18. The van der Waals surface area contributed by atoms with E-state index < -0.39 is 29.3 Å². The van der Waals surface area contributed by atoms with Gasteiger partial charge in [0.15, 0.2) is 0 Å². The van der Waals surface area contributed by atoms with Crippen LogP contribution in [0.15, 0.2) is 12.4 Å². The zero-order valence-corrected chi connectivity index (χ0v) is 11.3. The highest BCUT2D eigenvalue weighted by Crippen LogP contribution is 2.31. The lowest BCUT2D eigenvalue weighted by Crippen LogP contribution is -2.55. The number of hydrogen-bond donors (Lipinski definition) is 2. The molecule has 22 heavy (non-hydrogen) atoms. The molecule has 2 aliphatic heterocycles. The number of aromatic nitrogens is 2. The van der Waals surface area contributed by atoms with Gasteiger partial charge in [-0.15, -0.1) is 0 Å². The number of imide groups is 1. The van der Waals surface area contributed by atoms with Crippen LogP contribution in [0.3, 0.4) is 0 Å². The van der Waals surface area contributed by atoms with E-state index in [9.17, 15) is 22.8 Å². The molecule has 2 N–H and O–H groups in total. The summed E-state index contributed by atoms with van der Waals surface area (Å²) in [7, 11) is 0. The molecule has 0 atom stereocenters. The summed E-state index contributed by atoms with van der Waals surface area (Å²) in [6.07, 6.45) is -3.06.